The minimum atomic E-state index is -4.93. The molecule has 0 unspecified atom stereocenters. The van der Waals surface area contributed by atoms with Gasteiger partial charge in [-0.15, -0.1) is 0 Å². The second kappa shape index (κ2) is 10.0. The summed E-state index contributed by atoms with van der Waals surface area (Å²) in [4.78, 5) is 26.6. The minimum Gasteiger partial charge on any atom is -0.505 e. The molecule has 0 saturated heterocycles. The van der Waals surface area contributed by atoms with Gasteiger partial charge in [0.1, 0.15) is 5.82 Å². The van der Waals surface area contributed by atoms with Crippen LogP contribution in [0.4, 0.5) is 22.0 Å². The van der Waals surface area contributed by atoms with Crippen molar-refractivity contribution in [3.63, 3.8) is 0 Å². The molecule has 1 atom stereocenters. The van der Waals surface area contributed by atoms with Crippen molar-refractivity contribution in [1.82, 2.24) is 9.13 Å². The van der Waals surface area contributed by atoms with Gasteiger partial charge in [-0.05, 0) is 23.8 Å². The van der Waals surface area contributed by atoms with Gasteiger partial charge in [0.25, 0.3) is 5.56 Å². The van der Waals surface area contributed by atoms with Crippen LogP contribution in [0.1, 0.15) is 22.7 Å². The average Bonchev–Trinajstić information content (AvgIpc) is 2.86. The molecule has 0 radical (unpaired) electrons. The molecule has 0 fully saturated rings. The first-order valence-electron chi connectivity index (χ1n) is 11.0. The molecule has 11 heteroatoms. The molecule has 0 saturated carbocycles. The molecular formula is C26H20F5N3O3. The number of hydrogen-bond donors (Lipinski definition) is 2. The fourth-order valence-corrected chi connectivity index (χ4v) is 4.00. The summed E-state index contributed by atoms with van der Waals surface area (Å²) < 4.78 is 71.4. The van der Waals surface area contributed by atoms with Crippen molar-refractivity contribution in [1.29, 1.82) is 0 Å². The number of hydrogen-bond acceptors (Lipinski definition) is 4. The molecular weight excluding hydrogens is 497 g/mol. The highest BCUT2D eigenvalue weighted by Crippen LogP contribution is 2.33. The average molecular weight is 517 g/mol. The maximum absolute atomic E-state index is 14.8. The topological polar surface area (TPSA) is 90.2 Å². The molecule has 3 aromatic carbocycles. The van der Waals surface area contributed by atoms with Crippen molar-refractivity contribution < 1.29 is 27.1 Å². The number of halogens is 5. The van der Waals surface area contributed by atoms with Gasteiger partial charge in [0.2, 0.25) is 0 Å². The molecule has 37 heavy (non-hydrogen) atoms. The zero-order chi connectivity index (χ0) is 26.9. The number of phenols is 1. The smallest absolute Gasteiger partial charge is 0.416 e. The molecule has 0 amide bonds. The fourth-order valence-electron chi connectivity index (χ4n) is 4.00. The number of rotatable bonds is 6. The Hall–Kier alpha value is -4.25. The summed E-state index contributed by atoms with van der Waals surface area (Å²) in [6.07, 6.45) is -4.08. The van der Waals surface area contributed by atoms with Crippen LogP contribution in [0.25, 0.3) is 11.1 Å². The van der Waals surface area contributed by atoms with Gasteiger partial charge >= 0.3 is 11.9 Å². The van der Waals surface area contributed by atoms with E-state index in [1.165, 1.54) is 6.07 Å². The lowest BCUT2D eigenvalue weighted by Gasteiger charge is -2.19. The number of phenolic OH excluding ortho intramolecular Hbond substituents is 1. The summed E-state index contributed by atoms with van der Waals surface area (Å²) in [5.41, 5.74) is 1.72. The summed E-state index contributed by atoms with van der Waals surface area (Å²) in [6.45, 7) is -1.31. The molecule has 4 aromatic rings. The third kappa shape index (κ3) is 5.17. The van der Waals surface area contributed by atoms with Gasteiger partial charge in [0, 0.05) is 23.4 Å². The van der Waals surface area contributed by atoms with E-state index in [0.29, 0.717) is 20.8 Å². The van der Waals surface area contributed by atoms with Crippen LogP contribution in [-0.4, -0.2) is 14.2 Å². The highest BCUT2D eigenvalue weighted by molar-refractivity contribution is 5.64. The summed E-state index contributed by atoms with van der Waals surface area (Å²) in [6, 6.07) is 13.3. The van der Waals surface area contributed by atoms with Crippen LogP contribution in [0.15, 0.2) is 82.5 Å². The van der Waals surface area contributed by atoms with Crippen LogP contribution in [0.5, 0.6) is 5.75 Å². The predicted molar refractivity (Wildman–Crippen MR) is 126 cm³/mol. The standard InChI is InChI=1S/C26H20F5N3O3/c27-20-10-5-9-19(26(29,30)31)18(20)13-33-12-17(16-8-4-11-22(35)23(16)28)24(36)34(25(33)37)14-21(32)15-6-2-1-3-7-15/h1-12,21,35H,13-14,32H2/t21-/m0/s1. The maximum Gasteiger partial charge on any atom is 0.416 e. The molecule has 192 valence electrons. The quantitative estimate of drug-likeness (QED) is 0.371. The molecule has 3 N–H and O–H groups in total. The second-order valence-corrected chi connectivity index (χ2v) is 8.29. The first-order chi connectivity index (χ1) is 17.5. The Bertz CT molecular complexity index is 1560. The van der Waals surface area contributed by atoms with Gasteiger partial charge in [0.05, 0.1) is 24.2 Å². The van der Waals surface area contributed by atoms with Crippen molar-refractivity contribution in [3.05, 3.63) is 122 Å². The monoisotopic (exact) mass is 517 g/mol. The molecule has 6 nitrogen and oxygen atoms in total. The van der Waals surface area contributed by atoms with Gasteiger partial charge in [0.15, 0.2) is 11.6 Å². The summed E-state index contributed by atoms with van der Waals surface area (Å²) in [5.74, 6) is -3.17. The van der Waals surface area contributed by atoms with E-state index in [4.69, 9.17) is 5.73 Å². The zero-order valence-electron chi connectivity index (χ0n) is 19.0. The Balaban J connectivity index is 1.93. The maximum atomic E-state index is 14.8. The molecule has 0 aliphatic rings. The van der Waals surface area contributed by atoms with Crippen LogP contribution in [0.3, 0.4) is 0 Å². The van der Waals surface area contributed by atoms with Crippen LogP contribution >= 0.6 is 0 Å². The summed E-state index contributed by atoms with van der Waals surface area (Å²) in [5, 5.41) is 9.79. The first kappa shape index (κ1) is 25.8. The van der Waals surface area contributed by atoms with Gasteiger partial charge in [-0.1, -0.05) is 48.5 Å². The van der Waals surface area contributed by atoms with E-state index >= 15 is 0 Å². The van der Waals surface area contributed by atoms with Crippen molar-refractivity contribution in [2.45, 2.75) is 25.3 Å². The highest BCUT2D eigenvalue weighted by atomic mass is 19.4. The van der Waals surface area contributed by atoms with E-state index in [1.807, 2.05) is 0 Å². The zero-order valence-corrected chi connectivity index (χ0v) is 19.0. The highest BCUT2D eigenvalue weighted by Gasteiger charge is 2.34. The van der Waals surface area contributed by atoms with Gasteiger partial charge in [-0.25, -0.2) is 13.6 Å². The fraction of sp³-hybridized carbons (Fsp3) is 0.154. The summed E-state index contributed by atoms with van der Waals surface area (Å²) in [7, 11) is 0. The Morgan fingerprint density at radius 1 is 0.892 bits per heavy atom. The molecule has 1 aromatic heterocycles. The van der Waals surface area contributed by atoms with E-state index in [2.05, 4.69) is 0 Å². The van der Waals surface area contributed by atoms with Gasteiger partial charge < -0.3 is 10.8 Å². The Labute approximate surface area is 206 Å². The third-order valence-electron chi connectivity index (χ3n) is 5.87. The van der Waals surface area contributed by atoms with Crippen molar-refractivity contribution in [3.8, 4) is 16.9 Å². The lowest BCUT2D eigenvalue weighted by atomic mass is 10.0. The lowest BCUT2D eigenvalue weighted by Crippen LogP contribution is -2.43. The Kier molecular flexibility index (Phi) is 6.99. The van der Waals surface area contributed by atoms with Crippen molar-refractivity contribution in [2.24, 2.45) is 5.73 Å². The number of benzene rings is 3. The molecule has 0 spiro atoms. The lowest BCUT2D eigenvalue weighted by molar-refractivity contribution is -0.138. The van der Waals surface area contributed by atoms with E-state index in [0.717, 1.165) is 30.5 Å². The van der Waals surface area contributed by atoms with Crippen LogP contribution in [0, 0.1) is 11.6 Å². The first-order valence-corrected chi connectivity index (χ1v) is 11.0. The predicted octanol–water partition coefficient (Wildman–Crippen LogP) is 4.43. The number of alkyl halides is 3. The second-order valence-electron chi connectivity index (χ2n) is 8.29. The van der Waals surface area contributed by atoms with Gasteiger partial charge in [-0.2, -0.15) is 13.2 Å². The molecule has 4 rings (SSSR count). The number of nitrogens with zero attached hydrogens (tertiary/aromatic N) is 2. The number of aromatic nitrogens is 2. The molecule has 0 aliphatic carbocycles. The van der Waals surface area contributed by atoms with Crippen LogP contribution < -0.4 is 17.0 Å². The Morgan fingerprint density at radius 2 is 1.57 bits per heavy atom. The minimum absolute atomic E-state index is 0.398. The van der Waals surface area contributed by atoms with E-state index in [-0.39, 0.29) is 0 Å². The van der Waals surface area contributed by atoms with Gasteiger partial charge in [-0.3, -0.25) is 13.9 Å². The molecule has 0 aliphatic heterocycles. The third-order valence-corrected chi connectivity index (χ3v) is 5.87. The SMILES string of the molecule is N[C@@H](Cn1c(=O)c(-c2cccc(O)c2F)cn(Cc2c(F)cccc2C(F)(F)F)c1=O)c1ccccc1. The number of aromatic hydroxyl groups is 1. The number of nitrogens with two attached hydrogens (primary N) is 1. The van der Waals surface area contributed by atoms with Crippen molar-refractivity contribution >= 4 is 0 Å². The Morgan fingerprint density at radius 3 is 2.24 bits per heavy atom. The molecule has 0 bridgehead atoms. The van der Waals surface area contributed by atoms with Crippen LogP contribution in [0.2, 0.25) is 0 Å². The summed E-state index contributed by atoms with van der Waals surface area (Å²) >= 11 is 0. The van der Waals surface area contributed by atoms with E-state index in [1.54, 1.807) is 30.3 Å². The van der Waals surface area contributed by atoms with Crippen LogP contribution in [-0.2, 0) is 19.3 Å². The van der Waals surface area contributed by atoms with E-state index in [9.17, 15) is 36.6 Å². The van der Waals surface area contributed by atoms with E-state index < -0.39 is 76.2 Å². The van der Waals surface area contributed by atoms with Crippen molar-refractivity contribution in [2.75, 3.05) is 0 Å². The molecule has 1 heterocycles. The normalized spacial score (nSPS) is 12.5. The largest absolute Gasteiger partial charge is 0.505 e.